The van der Waals surface area contributed by atoms with Crippen LogP contribution in [0.2, 0.25) is 0 Å². The molecule has 0 fully saturated rings. The molecule has 1 unspecified atom stereocenters. The number of rotatable bonds is 5. The van der Waals surface area contributed by atoms with E-state index in [1.807, 2.05) is 20.8 Å². The van der Waals surface area contributed by atoms with E-state index in [0.717, 1.165) is 10.6 Å². The molecule has 104 valence electrons. The fourth-order valence-corrected chi connectivity index (χ4v) is 1.40. The molecule has 0 aliphatic rings. The zero-order valence-corrected chi connectivity index (χ0v) is 11.2. The van der Waals surface area contributed by atoms with Crippen molar-refractivity contribution >= 4 is 11.9 Å². The fourth-order valence-electron chi connectivity index (χ4n) is 1.40. The summed E-state index contributed by atoms with van der Waals surface area (Å²) in [5.41, 5.74) is -0.429. The van der Waals surface area contributed by atoms with E-state index in [1.165, 1.54) is 12.3 Å². The summed E-state index contributed by atoms with van der Waals surface area (Å²) in [7, 11) is 0. The van der Waals surface area contributed by atoms with E-state index < -0.39 is 11.5 Å². The molecule has 6 heteroatoms. The van der Waals surface area contributed by atoms with Crippen LogP contribution in [0.25, 0.3) is 0 Å². The lowest BCUT2D eigenvalue weighted by atomic mass is 10.1. The number of nitrogens with one attached hydrogen (secondary N) is 1. The molecule has 0 aromatic carbocycles. The molecule has 6 nitrogen and oxygen atoms in total. The summed E-state index contributed by atoms with van der Waals surface area (Å²) >= 11 is 0. The number of hydrogen-bond donors (Lipinski definition) is 2. The normalized spacial score (nSPS) is 12.2. The van der Waals surface area contributed by atoms with E-state index in [0.29, 0.717) is 0 Å². The average Bonchev–Trinajstić information content (AvgIpc) is 2.31. The van der Waals surface area contributed by atoms with Gasteiger partial charge in [0.15, 0.2) is 0 Å². The molecule has 0 bridgehead atoms. The van der Waals surface area contributed by atoms with Crippen molar-refractivity contribution < 1.29 is 14.7 Å². The summed E-state index contributed by atoms with van der Waals surface area (Å²) in [5, 5.41) is 11.6. The van der Waals surface area contributed by atoms with Crippen molar-refractivity contribution in [2.45, 2.75) is 33.4 Å². The quantitative estimate of drug-likeness (QED) is 0.821. The minimum Gasteiger partial charge on any atom is -0.478 e. The zero-order chi connectivity index (χ0) is 14.6. The van der Waals surface area contributed by atoms with Crippen LogP contribution < -0.4 is 10.9 Å². The summed E-state index contributed by atoms with van der Waals surface area (Å²) in [6.07, 6.45) is 1.17. The summed E-state index contributed by atoms with van der Waals surface area (Å²) in [6.45, 7) is 5.64. The number of carboxylic acids is 1. The molecule has 2 N–H and O–H groups in total. The molecule has 0 saturated carbocycles. The summed E-state index contributed by atoms with van der Waals surface area (Å²) in [6, 6.07) is 2.35. The monoisotopic (exact) mass is 266 g/mol. The molecule has 0 saturated heterocycles. The molecular formula is C13H18N2O4. The van der Waals surface area contributed by atoms with Crippen LogP contribution in [0.1, 0.15) is 31.1 Å². The topological polar surface area (TPSA) is 88.4 Å². The van der Waals surface area contributed by atoms with Crippen LogP contribution in [-0.4, -0.2) is 27.6 Å². The molecule has 1 aromatic rings. The summed E-state index contributed by atoms with van der Waals surface area (Å²) < 4.78 is 1.09. The van der Waals surface area contributed by atoms with Gasteiger partial charge in [0.05, 0.1) is 5.56 Å². The van der Waals surface area contributed by atoms with E-state index >= 15 is 0 Å². The highest BCUT2D eigenvalue weighted by atomic mass is 16.4. The van der Waals surface area contributed by atoms with Gasteiger partial charge in [-0.1, -0.05) is 13.8 Å². The molecule has 19 heavy (non-hydrogen) atoms. The van der Waals surface area contributed by atoms with E-state index in [4.69, 9.17) is 5.11 Å². The SMILES string of the molecule is CC(C)C(C)NC(=O)Cn1cc(C(=O)O)ccc1=O. The highest BCUT2D eigenvalue weighted by Gasteiger charge is 2.12. The van der Waals surface area contributed by atoms with Gasteiger partial charge >= 0.3 is 5.97 Å². The zero-order valence-electron chi connectivity index (χ0n) is 11.2. The van der Waals surface area contributed by atoms with Gasteiger partial charge in [-0.25, -0.2) is 4.79 Å². The highest BCUT2D eigenvalue weighted by Crippen LogP contribution is 2.00. The van der Waals surface area contributed by atoms with E-state index in [9.17, 15) is 14.4 Å². The Bertz CT molecular complexity index is 534. The predicted octanol–water partition coefficient (Wildman–Crippen LogP) is 0.707. The smallest absolute Gasteiger partial charge is 0.337 e. The lowest BCUT2D eigenvalue weighted by Gasteiger charge is -2.17. The van der Waals surface area contributed by atoms with Crippen molar-refractivity contribution in [2.75, 3.05) is 0 Å². The molecule has 1 amide bonds. The van der Waals surface area contributed by atoms with E-state index in [2.05, 4.69) is 5.32 Å². The Labute approximate surface area is 111 Å². The Morgan fingerprint density at radius 1 is 1.32 bits per heavy atom. The number of carboxylic acid groups (broad SMARTS) is 1. The number of hydrogen-bond acceptors (Lipinski definition) is 3. The number of aromatic carboxylic acids is 1. The van der Waals surface area contributed by atoms with Crippen LogP contribution in [0.4, 0.5) is 0 Å². The maximum Gasteiger partial charge on any atom is 0.337 e. The maximum absolute atomic E-state index is 11.7. The van der Waals surface area contributed by atoms with Crippen LogP contribution in [-0.2, 0) is 11.3 Å². The maximum atomic E-state index is 11.7. The summed E-state index contributed by atoms with van der Waals surface area (Å²) in [4.78, 5) is 34.1. The second kappa shape index (κ2) is 6.17. The lowest BCUT2D eigenvalue weighted by molar-refractivity contribution is -0.122. The van der Waals surface area contributed by atoms with Crippen molar-refractivity contribution in [1.29, 1.82) is 0 Å². The van der Waals surface area contributed by atoms with Gasteiger partial charge in [0.2, 0.25) is 5.91 Å². The molecule has 0 aliphatic carbocycles. The first-order valence-corrected chi connectivity index (χ1v) is 6.04. The Morgan fingerprint density at radius 3 is 2.47 bits per heavy atom. The Morgan fingerprint density at radius 2 is 1.95 bits per heavy atom. The van der Waals surface area contributed by atoms with Crippen LogP contribution in [0.5, 0.6) is 0 Å². The van der Waals surface area contributed by atoms with Gasteiger partial charge in [0.1, 0.15) is 6.54 Å². The lowest BCUT2D eigenvalue weighted by Crippen LogP contribution is -2.39. The number of amides is 1. The van der Waals surface area contributed by atoms with Crippen molar-refractivity contribution in [3.8, 4) is 0 Å². The Hall–Kier alpha value is -2.11. The van der Waals surface area contributed by atoms with Gasteiger partial charge in [-0.2, -0.15) is 0 Å². The minimum absolute atomic E-state index is 0.00846. The Kier molecular flexibility index (Phi) is 4.86. The molecule has 1 atom stereocenters. The number of carbonyl (C=O) groups is 2. The minimum atomic E-state index is -1.13. The van der Waals surface area contributed by atoms with Gasteiger partial charge in [-0.3, -0.25) is 9.59 Å². The molecule has 0 radical (unpaired) electrons. The molecule has 1 heterocycles. The van der Waals surface area contributed by atoms with Gasteiger partial charge in [0.25, 0.3) is 5.56 Å². The van der Waals surface area contributed by atoms with E-state index in [1.54, 1.807) is 0 Å². The van der Waals surface area contributed by atoms with Crippen molar-refractivity contribution in [3.63, 3.8) is 0 Å². The van der Waals surface area contributed by atoms with Crippen molar-refractivity contribution in [2.24, 2.45) is 5.92 Å². The number of pyridine rings is 1. The third-order valence-electron chi connectivity index (χ3n) is 2.93. The fraction of sp³-hybridized carbons (Fsp3) is 0.462. The second-order valence-electron chi connectivity index (χ2n) is 4.79. The first kappa shape index (κ1) is 14.9. The predicted molar refractivity (Wildman–Crippen MR) is 70.1 cm³/mol. The first-order chi connectivity index (χ1) is 8.81. The third kappa shape index (κ3) is 4.24. The standard InChI is InChI=1S/C13H18N2O4/c1-8(2)9(3)14-11(16)7-15-6-10(13(18)19)4-5-12(15)17/h4-6,8-9H,7H2,1-3H3,(H,14,16)(H,18,19). The molecule has 1 aromatic heterocycles. The number of carbonyl (C=O) groups excluding carboxylic acids is 1. The average molecular weight is 266 g/mol. The van der Waals surface area contributed by atoms with Crippen molar-refractivity contribution in [3.05, 3.63) is 34.2 Å². The molecule has 0 spiro atoms. The van der Waals surface area contributed by atoms with Gasteiger partial charge in [0, 0.05) is 18.3 Å². The number of nitrogens with zero attached hydrogens (tertiary/aromatic N) is 1. The largest absolute Gasteiger partial charge is 0.478 e. The third-order valence-corrected chi connectivity index (χ3v) is 2.93. The summed E-state index contributed by atoms with van der Waals surface area (Å²) in [5.74, 6) is -1.17. The van der Waals surface area contributed by atoms with Crippen LogP contribution >= 0.6 is 0 Å². The van der Waals surface area contributed by atoms with Gasteiger partial charge in [-0.05, 0) is 18.9 Å². The Balaban J connectivity index is 2.82. The molecule has 0 aliphatic heterocycles. The highest BCUT2D eigenvalue weighted by molar-refractivity contribution is 5.87. The van der Waals surface area contributed by atoms with Crippen LogP contribution in [0.3, 0.4) is 0 Å². The molecule has 1 rings (SSSR count). The van der Waals surface area contributed by atoms with Gasteiger partial charge in [-0.15, -0.1) is 0 Å². The van der Waals surface area contributed by atoms with Crippen LogP contribution in [0.15, 0.2) is 23.1 Å². The first-order valence-electron chi connectivity index (χ1n) is 6.04. The van der Waals surface area contributed by atoms with Gasteiger partial charge < -0.3 is 15.0 Å². The number of aromatic nitrogens is 1. The van der Waals surface area contributed by atoms with E-state index in [-0.39, 0.29) is 30.0 Å². The van der Waals surface area contributed by atoms with Crippen molar-refractivity contribution in [1.82, 2.24) is 9.88 Å². The molecular weight excluding hydrogens is 248 g/mol. The van der Waals surface area contributed by atoms with Crippen LogP contribution in [0, 0.1) is 5.92 Å². The second-order valence-corrected chi connectivity index (χ2v) is 4.79.